The molecule has 164 valence electrons. The van der Waals surface area contributed by atoms with Crippen molar-refractivity contribution in [2.45, 2.75) is 36.1 Å². The van der Waals surface area contributed by atoms with Gasteiger partial charge in [0.05, 0.1) is 12.2 Å². The van der Waals surface area contributed by atoms with Gasteiger partial charge in [-0.1, -0.05) is 60.7 Å². The zero-order chi connectivity index (χ0) is 22.7. The van der Waals surface area contributed by atoms with Gasteiger partial charge in [-0.2, -0.15) is 5.26 Å². The van der Waals surface area contributed by atoms with Gasteiger partial charge in [-0.3, -0.25) is 9.59 Å². The lowest BCUT2D eigenvalue weighted by molar-refractivity contribution is -0.173. The van der Waals surface area contributed by atoms with Gasteiger partial charge in [0.1, 0.15) is 17.8 Å². The Kier molecular flexibility index (Phi) is 6.44. The Bertz CT molecular complexity index is 1000. The molecule has 0 bridgehead atoms. The van der Waals surface area contributed by atoms with Gasteiger partial charge < -0.3 is 20.1 Å². The molecule has 2 saturated heterocycles. The lowest BCUT2D eigenvalue weighted by Crippen LogP contribution is -2.76. The zero-order valence-electron chi connectivity index (χ0n) is 17.0. The van der Waals surface area contributed by atoms with Crippen LogP contribution in [0, 0.1) is 11.3 Å². The first-order chi connectivity index (χ1) is 15.5. The predicted octanol–water partition coefficient (Wildman–Crippen LogP) is 1.36. The lowest BCUT2D eigenvalue weighted by atomic mass is 9.98. The molecule has 2 fully saturated rings. The van der Waals surface area contributed by atoms with E-state index in [0.717, 1.165) is 11.1 Å². The number of amides is 2. The molecule has 2 amide bonds. The number of rotatable bonds is 6. The minimum Gasteiger partial charge on any atom is -0.451 e. The molecule has 0 aromatic heterocycles. The largest absolute Gasteiger partial charge is 0.451 e. The molecular formula is C23H21N3O5S. The van der Waals surface area contributed by atoms with Crippen LogP contribution >= 0.6 is 11.8 Å². The van der Waals surface area contributed by atoms with Crippen molar-refractivity contribution in [1.29, 1.82) is 5.26 Å². The Morgan fingerprint density at radius 3 is 2.31 bits per heavy atom. The first-order valence-corrected chi connectivity index (χ1v) is 11.1. The number of carbonyl (C=O) groups excluding carboxylic acids is 3. The van der Waals surface area contributed by atoms with E-state index in [1.54, 1.807) is 6.07 Å². The summed E-state index contributed by atoms with van der Waals surface area (Å²) in [5.74, 6) is -1.54. The van der Waals surface area contributed by atoms with E-state index in [4.69, 9.17) is 10.00 Å². The highest BCUT2D eigenvalue weighted by Gasteiger charge is 2.58. The van der Waals surface area contributed by atoms with Crippen LogP contribution in [0.2, 0.25) is 0 Å². The topological polar surface area (TPSA) is 120 Å². The van der Waals surface area contributed by atoms with Crippen LogP contribution in [-0.2, 0) is 19.1 Å². The van der Waals surface area contributed by atoms with Crippen LogP contribution in [0.4, 0.5) is 0 Å². The highest BCUT2D eigenvalue weighted by Crippen LogP contribution is 2.39. The molecule has 2 aromatic rings. The molecule has 2 aliphatic heterocycles. The Balaban J connectivity index is 1.54. The third-order valence-corrected chi connectivity index (χ3v) is 6.79. The molecule has 0 spiro atoms. The van der Waals surface area contributed by atoms with Crippen LogP contribution < -0.4 is 5.32 Å². The molecule has 0 radical (unpaired) electrons. The number of hydrogen-bond donors (Lipinski definition) is 2. The van der Waals surface area contributed by atoms with Crippen LogP contribution in [0.1, 0.15) is 23.7 Å². The maximum atomic E-state index is 13.2. The van der Waals surface area contributed by atoms with Crippen molar-refractivity contribution in [3.05, 3.63) is 71.8 Å². The lowest BCUT2D eigenvalue weighted by Gasteiger charge is -2.53. The maximum Gasteiger partial charge on any atom is 0.332 e. The molecule has 4 rings (SSSR count). The van der Waals surface area contributed by atoms with Crippen molar-refractivity contribution in [1.82, 2.24) is 10.2 Å². The Labute approximate surface area is 189 Å². The number of aliphatic hydroxyl groups is 1. The summed E-state index contributed by atoms with van der Waals surface area (Å²) < 4.78 is 5.86. The predicted molar refractivity (Wildman–Crippen MR) is 116 cm³/mol. The summed E-state index contributed by atoms with van der Waals surface area (Å²) in [6, 6.07) is 18.2. The second kappa shape index (κ2) is 9.42. The van der Waals surface area contributed by atoms with Crippen molar-refractivity contribution in [2.75, 3.05) is 5.75 Å². The fraction of sp³-hybridized carbons (Fsp3) is 0.304. The van der Waals surface area contributed by atoms with E-state index in [1.807, 2.05) is 60.7 Å². The minimum absolute atomic E-state index is 0.209. The summed E-state index contributed by atoms with van der Waals surface area (Å²) >= 11 is 1.28. The molecule has 2 heterocycles. The first-order valence-electron chi connectivity index (χ1n) is 10.1. The van der Waals surface area contributed by atoms with E-state index in [9.17, 15) is 19.5 Å². The number of benzene rings is 2. The normalized spacial score (nSPS) is 24.2. The molecule has 2 aliphatic rings. The van der Waals surface area contributed by atoms with E-state index < -0.39 is 47.4 Å². The molecule has 9 heteroatoms. The van der Waals surface area contributed by atoms with Crippen molar-refractivity contribution in [3.63, 3.8) is 0 Å². The van der Waals surface area contributed by atoms with Crippen molar-refractivity contribution in [3.8, 4) is 6.07 Å². The summed E-state index contributed by atoms with van der Waals surface area (Å²) in [6.45, 7) is 0. The summed E-state index contributed by atoms with van der Waals surface area (Å²) in [6.07, 6.45) is -2.16. The second-order valence-electron chi connectivity index (χ2n) is 7.50. The minimum atomic E-state index is -1.17. The number of esters is 1. The van der Waals surface area contributed by atoms with Gasteiger partial charge in [0, 0.05) is 5.75 Å². The highest BCUT2D eigenvalue weighted by atomic mass is 32.2. The quantitative estimate of drug-likeness (QED) is 0.503. The average molecular weight is 452 g/mol. The van der Waals surface area contributed by atoms with Gasteiger partial charge in [0.15, 0.2) is 12.1 Å². The SMILES string of the molecule is N#CCC(=O)N[C@@H]1C(=O)N2[C@@H]1SCC(O)[C@@H]2C(=O)OC(c1ccccc1)c1ccccc1. The van der Waals surface area contributed by atoms with Crippen molar-refractivity contribution < 1.29 is 24.2 Å². The van der Waals surface area contributed by atoms with E-state index >= 15 is 0 Å². The number of fused-ring (bicyclic) bond motifs is 1. The molecule has 2 N–H and O–H groups in total. The highest BCUT2D eigenvalue weighted by molar-refractivity contribution is 8.00. The molecule has 8 nitrogen and oxygen atoms in total. The number of carbonyl (C=O) groups is 3. The Hall–Kier alpha value is -3.35. The molecule has 2 aromatic carbocycles. The molecule has 32 heavy (non-hydrogen) atoms. The third kappa shape index (κ3) is 4.20. The van der Waals surface area contributed by atoms with E-state index in [1.165, 1.54) is 16.7 Å². The number of nitrogens with zero attached hydrogens (tertiary/aromatic N) is 2. The molecule has 0 aliphatic carbocycles. The summed E-state index contributed by atoms with van der Waals surface area (Å²) in [5, 5.41) is 21.2. The number of nitrogens with one attached hydrogen (secondary N) is 1. The second-order valence-corrected chi connectivity index (χ2v) is 8.65. The monoisotopic (exact) mass is 451 g/mol. The van der Waals surface area contributed by atoms with Gasteiger partial charge in [-0.05, 0) is 11.1 Å². The van der Waals surface area contributed by atoms with Gasteiger partial charge in [-0.15, -0.1) is 11.8 Å². The van der Waals surface area contributed by atoms with Crippen LogP contribution in [0.15, 0.2) is 60.7 Å². The fourth-order valence-electron chi connectivity index (χ4n) is 3.90. The zero-order valence-corrected chi connectivity index (χ0v) is 17.8. The first kappa shape index (κ1) is 21.9. The van der Waals surface area contributed by atoms with Crippen molar-refractivity contribution in [2.24, 2.45) is 0 Å². The molecular weight excluding hydrogens is 430 g/mol. The van der Waals surface area contributed by atoms with E-state index in [-0.39, 0.29) is 12.2 Å². The number of aliphatic hydroxyl groups excluding tert-OH is 1. The number of β-lactam (4-membered cyclic amide) rings is 1. The van der Waals surface area contributed by atoms with Crippen LogP contribution in [0.3, 0.4) is 0 Å². The van der Waals surface area contributed by atoms with E-state index in [0.29, 0.717) is 0 Å². The Morgan fingerprint density at radius 1 is 1.16 bits per heavy atom. The summed E-state index contributed by atoms with van der Waals surface area (Å²) in [4.78, 5) is 39.0. The smallest absolute Gasteiger partial charge is 0.332 e. The molecule has 1 unspecified atom stereocenters. The van der Waals surface area contributed by atoms with Crippen LogP contribution in [0.5, 0.6) is 0 Å². The van der Waals surface area contributed by atoms with Gasteiger partial charge in [0.25, 0.3) is 0 Å². The third-order valence-electron chi connectivity index (χ3n) is 5.42. The average Bonchev–Trinajstić information content (AvgIpc) is 2.82. The number of hydrogen-bond acceptors (Lipinski definition) is 7. The van der Waals surface area contributed by atoms with Crippen LogP contribution in [-0.4, -0.2) is 57.1 Å². The summed E-state index contributed by atoms with van der Waals surface area (Å²) in [7, 11) is 0. The number of nitriles is 1. The van der Waals surface area contributed by atoms with Crippen molar-refractivity contribution >= 4 is 29.5 Å². The number of ether oxygens (including phenoxy) is 1. The van der Waals surface area contributed by atoms with Gasteiger partial charge in [0.2, 0.25) is 11.8 Å². The molecule has 4 atom stereocenters. The fourth-order valence-corrected chi connectivity index (χ4v) is 5.25. The standard InChI is InChI=1S/C23H21N3O5S/c24-12-11-17(28)25-18-21(29)26-19(16(27)13-32-22(18)26)23(30)31-20(14-7-3-1-4-8-14)15-9-5-2-6-10-15/h1-10,16,18-20,22,27H,11,13H2,(H,25,28)/t16?,18-,19-,22-/m1/s1. The van der Waals surface area contributed by atoms with E-state index in [2.05, 4.69) is 5.32 Å². The van der Waals surface area contributed by atoms with Gasteiger partial charge >= 0.3 is 5.97 Å². The maximum absolute atomic E-state index is 13.2. The molecule has 0 saturated carbocycles. The van der Waals surface area contributed by atoms with Gasteiger partial charge in [-0.25, -0.2) is 4.79 Å². The summed E-state index contributed by atoms with van der Waals surface area (Å²) in [5.41, 5.74) is 1.53. The van der Waals surface area contributed by atoms with Crippen LogP contribution in [0.25, 0.3) is 0 Å². The number of thioether (sulfide) groups is 1. The Morgan fingerprint density at radius 2 is 1.75 bits per heavy atom.